The second-order valence-electron chi connectivity index (χ2n) is 3.75. The summed E-state index contributed by atoms with van der Waals surface area (Å²) in [4.78, 5) is 10.9. The summed E-state index contributed by atoms with van der Waals surface area (Å²) in [5.74, 6) is -0.920. The highest BCUT2D eigenvalue weighted by atomic mass is 35.5. The van der Waals surface area contributed by atoms with Crippen molar-refractivity contribution in [3.8, 4) is 0 Å². The monoisotopic (exact) mass is 291 g/mol. The topological polar surface area (TPSA) is 83.5 Å². The van der Waals surface area contributed by atoms with E-state index in [4.69, 9.17) is 16.7 Å². The van der Waals surface area contributed by atoms with Gasteiger partial charge in [-0.2, -0.15) is 0 Å². The third kappa shape index (κ3) is 3.89. The molecule has 0 aromatic heterocycles. The lowest BCUT2D eigenvalue weighted by atomic mass is 10.1. The Kier molecular flexibility index (Phi) is 4.98. The highest BCUT2D eigenvalue weighted by Gasteiger charge is 2.15. The van der Waals surface area contributed by atoms with Crippen LogP contribution in [0.2, 0.25) is 0 Å². The molecule has 0 spiro atoms. The molecule has 7 heteroatoms. The normalized spacial score (nSPS) is 11.2. The molecule has 0 aliphatic heterocycles. The van der Waals surface area contributed by atoms with Crippen LogP contribution in [-0.4, -0.2) is 31.1 Å². The molecule has 2 N–H and O–H groups in total. The van der Waals surface area contributed by atoms with E-state index in [9.17, 15) is 13.2 Å². The number of alkyl halides is 1. The van der Waals surface area contributed by atoms with Crippen LogP contribution in [0.1, 0.15) is 22.3 Å². The van der Waals surface area contributed by atoms with E-state index in [0.717, 1.165) is 0 Å². The highest BCUT2D eigenvalue weighted by Crippen LogP contribution is 2.20. The molecule has 0 atom stereocenters. The predicted molar refractivity (Wildman–Crippen MR) is 70.9 cm³/mol. The molecule has 0 bridgehead atoms. The summed E-state index contributed by atoms with van der Waals surface area (Å²) in [5.41, 5.74) is 0.747. The first kappa shape index (κ1) is 14.8. The van der Waals surface area contributed by atoms with Crippen LogP contribution in [-0.2, 0) is 10.0 Å². The van der Waals surface area contributed by atoms with Crippen LogP contribution < -0.4 is 4.72 Å². The molecule has 1 rings (SSSR count). The number of rotatable bonds is 6. The summed E-state index contributed by atoms with van der Waals surface area (Å²) < 4.78 is 25.7. The number of carboxylic acid groups (broad SMARTS) is 1. The summed E-state index contributed by atoms with van der Waals surface area (Å²) in [5, 5.41) is 8.94. The van der Waals surface area contributed by atoms with Crippen molar-refractivity contribution < 1.29 is 18.3 Å². The molecule has 5 nitrogen and oxygen atoms in total. The fraction of sp³-hybridized carbons (Fsp3) is 0.364. The number of hydrogen-bond donors (Lipinski definition) is 2. The van der Waals surface area contributed by atoms with Crippen LogP contribution in [0.5, 0.6) is 0 Å². The molecule has 0 heterocycles. The lowest BCUT2D eigenvalue weighted by molar-refractivity contribution is 0.0696. The first-order chi connectivity index (χ1) is 8.37. The number of halogens is 1. The summed E-state index contributed by atoms with van der Waals surface area (Å²) in [6.07, 6.45) is 0.342. The Morgan fingerprint density at radius 2 is 2.11 bits per heavy atom. The SMILES string of the molecule is Cc1c(NS(=O)(=O)CCCCl)cccc1C(=O)O. The zero-order valence-electron chi connectivity index (χ0n) is 9.81. The first-order valence-electron chi connectivity index (χ1n) is 5.27. The molecule has 18 heavy (non-hydrogen) atoms. The average Bonchev–Trinajstić information content (AvgIpc) is 2.29. The Labute approximate surface area is 111 Å². The number of carbonyl (C=O) groups is 1. The lowest BCUT2D eigenvalue weighted by Crippen LogP contribution is -2.18. The van der Waals surface area contributed by atoms with Crippen LogP contribution in [0.15, 0.2) is 18.2 Å². The van der Waals surface area contributed by atoms with Crippen molar-refractivity contribution in [2.75, 3.05) is 16.4 Å². The van der Waals surface area contributed by atoms with Gasteiger partial charge < -0.3 is 5.11 Å². The van der Waals surface area contributed by atoms with Gasteiger partial charge in [-0.3, -0.25) is 4.72 Å². The van der Waals surface area contributed by atoms with Crippen molar-refractivity contribution in [2.24, 2.45) is 0 Å². The minimum Gasteiger partial charge on any atom is -0.478 e. The van der Waals surface area contributed by atoms with Gasteiger partial charge in [-0.1, -0.05) is 6.07 Å². The largest absolute Gasteiger partial charge is 0.478 e. The minimum atomic E-state index is -3.49. The van der Waals surface area contributed by atoms with Crippen molar-refractivity contribution in [1.29, 1.82) is 0 Å². The third-order valence-electron chi connectivity index (χ3n) is 2.38. The van der Waals surface area contributed by atoms with Gasteiger partial charge >= 0.3 is 5.97 Å². The number of benzene rings is 1. The average molecular weight is 292 g/mol. The van der Waals surface area contributed by atoms with Gasteiger partial charge in [-0.25, -0.2) is 13.2 Å². The molecule has 1 aromatic carbocycles. The second kappa shape index (κ2) is 6.06. The number of nitrogens with one attached hydrogen (secondary N) is 1. The van der Waals surface area contributed by atoms with Gasteiger partial charge in [0, 0.05) is 5.88 Å². The fourth-order valence-electron chi connectivity index (χ4n) is 1.44. The molecular formula is C11H14ClNO4S. The first-order valence-corrected chi connectivity index (χ1v) is 7.45. The van der Waals surface area contributed by atoms with E-state index in [2.05, 4.69) is 4.72 Å². The van der Waals surface area contributed by atoms with E-state index in [1.165, 1.54) is 18.2 Å². The maximum atomic E-state index is 11.7. The van der Waals surface area contributed by atoms with Crippen molar-refractivity contribution >= 4 is 33.3 Å². The van der Waals surface area contributed by atoms with Gasteiger partial charge in [0.1, 0.15) is 0 Å². The van der Waals surface area contributed by atoms with E-state index < -0.39 is 16.0 Å². The van der Waals surface area contributed by atoms with Crippen molar-refractivity contribution in [3.63, 3.8) is 0 Å². The Morgan fingerprint density at radius 3 is 2.67 bits per heavy atom. The van der Waals surface area contributed by atoms with Gasteiger partial charge in [0.2, 0.25) is 10.0 Å². The Bertz CT molecular complexity index is 542. The summed E-state index contributed by atoms with van der Waals surface area (Å²) in [6.45, 7) is 1.56. The molecule has 100 valence electrons. The standard InChI is InChI=1S/C11H14ClNO4S/c1-8-9(11(14)15)4-2-5-10(8)13-18(16,17)7-3-6-12/h2,4-5,13H,3,6-7H2,1H3,(H,14,15). The Hall–Kier alpha value is -1.27. The smallest absolute Gasteiger partial charge is 0.336 e. The molecule has 0 radical (unpaired) electrons. The van der Waals surface area contributed by atoms with Crippen LogP contribution in [0.3, 0.4) is 0 Å². The minimum absolute atomic E-state index is 0.0764. The molecule has 0 amide bonds. The van der Waals surface area contributed by atoms with E-state index in [1.807, 2.05) is 0 Å². The summed E-state index contributed by atoms with van der Waals surface area (Å²) in [7, 11) is -3.49. The molecule has 0 fully saturated rings. The highest BCUT2D eigenvalue weighted by molar-refractivity contribution is 7.92. The number of aromatic carboxylic acids is 1. The van der Waals surface area contributed by atoms with E-state index in [-0.39, 0.29) is 22.9 Å². The quantitative estimate of drug-likeness (QED) is 0.786. The van der Waals surface area contributed by atoms with Crippen LogP contribution in [0, 0.1) is 6.92 Å². The van der Waals surface area contributed by atoms with Crippen molar-refractivity contribution in [2.45, 2.75) is 13.3 Å². The molecule has 0 unspecified atom stereocenters. The Balaban J connectivity index is 2.98. The zero-order chi connectivity index (χ0) is 13.8. The van der Waals surface area contributed by atoms with Crippen LogP contribution in [0.4, 0.5) is 5.69 Å². The van der Waals surface area contributed by atoms with E-state index in [0.29, 0.717) is 12.0 Å². The van der Waals surface area contributed by atoms with Crippen molar-refractivity contribution in [1.82, 2.24) is 0 Å². The number of carboxylic acids is 1. The van der Waals surface area contributed by atoms with Gasteiger partial charge in [-0.15, -0.1) is 11.6 Å². The van der Waals surface area contributed by atoms with Gasteiger partial charge in [0.05, 0.1) is 17.0 Å². The van der Waals surface area contributed by atoms with E-state index >= 15 is 0 Å². The molecule has 0 saturated carbocycles. The predicted octanol–water partition coefficient (Wildman–Crippen LogP) is 2.06. The van der Waals surface area contributed by atoms with E-state index in [1.54, 1.807) is 6.92 Å². The van der Waals surface area contributed by atoms with Crippen molar-refractivity contribution in [3.05, 3.63) is 29.3 Å². The van der Waals surface area contributed by atoms with Gasteiger partial charge in [0.25, 0.3) is 0 Å². The van der Waals surface area contributed by atoms with Gasteiger partial charge in [-0.05, 0) is 31.0 Å². The summed E-state index contributed by atoms with van der Waals surface area (Å²) in [6, 6.07) is 4.45. The lowest BCUT2D eigenvalue weighted by Gasteiger charge is -2.11. The maximum Gasteiger partial charge on any atom is 0.336 e. The fourth-order valence-corrected chi connectivity index (χ4v) is 2.92. The maximum absolute atomic E-state index is 11.7. The molecule has 0 aliphatic rings. The van der Waals surface area contributed by atoms with Crippen LogP contribution >= 0.6 is 11.6 Å². The molecule has 1 aromatic rings. The molecule has 0 aliphatic carbocycles. The Morgan fingerprint density at radius 1 is 1.44 bits per heavy atom. The third-order valence-corrected chi connectivity index (χ3v) is 4.00. The zero-order valence-corrected chi connectivity index (χ0v) is 11.4. The molecular weight excluding hydrogens is 278 g/mol. The van der Waals surface area contributed by atoms with Gasteiger partial charge in [0.15, 0.2) is 0 Å². The second-order valence-corrected chi connectivity index (χ2v) is 5.97. The molecule has 0 saturated heterocycles. The summed E-state index contributed by atoms with van der Waals surface area (Å²) >= 11 is 5.44. The number of anilines is 1. The van der Waals surface area contributed by atoms with Crippen LogP contribution in [0.25, 0.3) is 0 Å². The number of hydrogen-bond acceptors (Lipinski definition) is 3. The number of sulfonamides is 1.